The van der Waals surface area contributed by atoms with Crippen LogP contribution in [0.2, 0.25) is 0 Å². The van der Waals surface area contributed by atoms with Crippen molar-refractivity contribution in [1.82, 2.24) is 9.21 Å². The minimum Gasteiger partial charge on any atom is -0.465 e. The van der Waals surface area contributed by atoms with Gasteiger partial charge in [-0.2, -0.15) is 4.31 Å². The van der Waals surface area contributed by atoms with Gasteiger partial charge >= 0.3 is 5.97 Å². The Morgan fingerprint density at radius 1 is 1.14 bits per heavy atom. The average molecular weight is 536 g/mol. The van der Waals surface area contributed by atoms with E-state index in [-0.39, 0.29) is 30.2 Å². The maximum absolute atomic E-state index is 13.1. The van der Waals surface area contributed by atoms with Crippen LogP contribution in [-0.4, -0.2) is 74.5 Å². The van der Waals surface area contributed by atoms with Gasteiger partial charge in [0.05, 0.1) is 29.8 Å². The zero-order chi connectivity index (χ0) is 26.2. The summed E-state index contributed by atoms with van der Waals surface area (Å²) >= 11 is 1.39. The zero-order valence-corrected chi connectivity index (χ0v) is 22.9. The summed E-state index contributed by atoms with van der Waals surface area (Å²) in [6.45, 7) is 10.1. The molecule has 9 nitrogen and oxygen atoms in total. The second-order valence-corrected chi connectivity index (χ2v) is 12.6. The number of thiophene rings is 1. The lowest BCUT2D eigenvalue weighted by Gasteiger charge is -2.34. The average Bonchev–Trinajstić information content (AvgIpc) is 3.19. The monoisotopic (exact) mass is 535 g/mol. The van der Waals surface area contributed by atoms with Crippen LogP contribution >= 0.6 is 11.3 Å². The van der Waals surface area contributed by atoms with Crippen LogP contribution in [0.5, 0.6) is 0 Å². The Hall–Kier alpha value is -2.31. The number of amides is 1. The fourth-order valence-corrected chi connectivity index (χ4v) is 7.55. The fourth-order valence-electron chi connectivity index (χ4n) is 4.70. The minimum absolute atomic E-state index is 0.121. The van der Waals surface area contributed by atoms with Crippen molar-refractivity contribution in [2.24, 2.45) is 0 Å². The molecular formula is C25H33N3O6S2. The van der Waals surface area contributed by atoms with Gasteiger partial charge in [0.15, 0.2) is 0 Å². The van der Waals surface area contributed by atoms with Crippen molar-refractivity contribution in [2.75, 3.05) is 32.1 Å². The second kappa shape index (κ2) is 10.6. The molecule has 0 radical (unpaired) electrons. The van der Waals surface area contributed by atoms with Crippen molar-refractivity contribution < 1.29 is 27.5 Å². The number of esters is 1. The molecule has 2 aromatic rings. The predicted octanol–water partition coefficient (Wildman–Crippen LogP) is 3.35. The van der Waals surface area contributed by atoms with Gasteiger partial charge in [0.25, 0.3) is 5.91 Å². The van der Waals surface area contributed by atoms with Crippen LogP contribution in [0.3, 0.4) is 0 Å². The fraction of sp³-hybridized carbons (Fsp3) is 0.520. The van der Waals surface area contributed by atoms with E-state index in [1.807, 2.05) is 13.8 Å². The van der Waals surface area contributed by atoms with Crippen molar-refractivity contribution in [3.8, 4) is 0 Å². The van der Waals surface area contributed by atoms with Gasteiger partial charge in [0.1, 0.15) is 5.00 Å². The third-order valence-electron chi connectivity index (χ3n) is 6.57. The third kappa shape index (κ3) is 5.35. The lowest BCUT2D eigenvalue weighted by Crippen LogP contribution is -2.48. The minimum atomic E-state index is -3.71. The molecule has 2 aliphatic heterocycles. The van der Waals surface area contributed by atoms with Crippen LogP contribution in [0.1, 0.15) is 58.9 Å². The SMILES string of the molecule is COC(=O)c1c(NC(=O)c2ccc(S(=O)(=O)N3C[C@@H](C)O[C@H](C)C3)cc2)sc2c1CCN(C(C)C)C2. The van der Waals surface area contributed by atoms with Crippen LogP contribution in [0.25, 0.3) is 0 Å². The predicted molar refractivity (Wildman–Crippen MR) is 138 cm³/mol. The Kier molecular flexibility index (Phi) is 7.86. The maximum Gasteiger partial charge on any atom is 0.341 e. The molecule has 1 amide bonds. The number of nitrogens with one attached hydrogen (secondary N) is 1. The Morgan fingerprint density at radius 2 is 1.78 bits per heavy atom. The van der Waals surface area contributed by atoms with Gasteiger partial charge in [0.2, 0.25) is 10.0 Å². The largest absolute Gasteiger partial charge is 0.465 e. The van der Waals surface area contributed by atoms with Crippen LogP contribution in [-0.2, 0) is 32.5 Å². The van der Waals surface area contributed by atoms with Crippen LogP contribution in [0, 0.1) is 0 Å². The number of fused-ring (bicyclic) bond motifs is 1. The topological polar surface area (TPSA) is 105 Å². The molecule has 4 rings (SSSR count). The summed E-state index contributed by atoms with van der Waals surface area (Å²) in [4.78, 5) is 29.1. The molecular weight excluding hydrogens is 502 g/mol. The number of sulfonamides is 1. The van der Waals surface area contributed by atoms with Crippen molar-refractivity contribution in [3.63, 3.8) is 0 Å². The summed E-state index contributed by atoms with van der Waals surface area (Å²) in [6, 6.07) is 6.23. The molecule has 2 atom stereocenters. The molecule has 1 fully saturated rings. The summed E-state index contributed by atoms with van der Waals surface area (Å²) in [5.41, 5.74) is 1.63. The normalized spacial score (nSPS) is 21.3. The van der Waals surface area contributed by atoms with E-state index in [1.165, 1.54) is 47.0 Å². The number of carbonyl (C=O) groups excluding carboxylic acids is 2. The van der Waals surface area contributed by atoms with Crippen molar-refractivity contribution in [2.45, 2.75) is 63.8 Å². The summed E-state index contributed by atoms with van der Waals surface area (Å²) in [7, 11) is -2.38. The van der Waals surface area contributed by atoms with E-state index in [9.17, 15) is 18.0 Å². The maximum atomic E-state index is 13.1. The molecule has 0 spiro atoms. The van der Waals surface area contributed by atoms with E-state index in [1.54, 1.807) is 0 Å². The van der Waals surface area contributed by atoms with Crippen LogP contribution < -0.4 is 5.32 Å². The summed E-state index contributed by atoms with van der Waals surface area (Å²) in [6.07, 6.45) is 0.318. The third-order valence-corrected chi connectivity index (χ3v) is 9.55. The molecule has 0 aliphatic carbocycles. The highest BCUT2D eigenvalue weighted by molar-refractivity contribution is 7.89. The number of anilines is 1. The first-order valence-corrected chi connectivity index (χ1v) is 14.3. The number of hydrogen-bond donors (Lipinski definition) is 1. The molecule has 0 saturated carbocycles. The Balaban J connectivity index is 1.54. The summed E-state index contributed by atoms with van der Waals surface area (Å²) in [5, 5.41) is 3.31. The number of ether oxygens (including phenoxy) is 2. The number of rotatable bonds is 6. The van der Waals surface area contributed by atoms with Gasteiger partial charge in [-0.25, -0.2) is 13.2 Å². The molecule has 3 heterocycles. The number of morpholine rings is 1. The first-order valence-electron chi connectivity index (χ1n) is 12.0. The number of methoxy groups -OCH3 is 1. The van der Waals surface area contributed by atoms with Gasteiger partial charge in [0, 0.05) is 42.7 Å². The lowest BCUT2D eigenvalue weighted by molar-refractivity contribution is -0.0440. The van der Waals surface area contributed by atoms with Gasteiger partial charge in [-0.05, 0) is 63.9 Å². The Morgan fingerprint density at radius 3 is 2.36 bits per heavy atom. The van der Waals surface area contributed by atoms with Gasteiger partial charge in [-0.15, -0.1) is 11.3 Å². The molecule has 196 valence electrons. The molecule has 0 bridgehead atoms. The van der Waals surface area contributed by atoms with Crippen LogP contribution in [0.15, 0.2) is 29.2 Å². The highest BCUT2D eigenvalue weighted by atomic mass is 32.2. The smallest absolute Gasteiger partial charge is 0.341 e. The first-order chi connectivity index (χ1) is 17.0. The highest BCUT2D eigenvalue weighted by Crippen LogP contribution is 2.38. The standard InChI is InChI=1S/C25H33N3O6S2/c1-15(2)27-11-10-20-21(14-27)35-24(22(20)25(30)33-5)26-23(29)18-6-8-19(9-7-18)36(31,32)28-12-16(3)34-17(4)13-28/h6-9,15-17H,10-14H2,1-5H3,(H,26,29)/t16-,17-/m1/s1. The number of benzene rings is 1. The van der Waals surface area contributed by atoms with E-state index in [0.717, 1.165) is 17.0 Å². The van der Waals surface area contributed by atoms with E-state index < -0.39 is 21.9 Å². The number of hydrogen-bond acceptors (Lipinski definition) is 8. The van der Waals surface area contributed by atoms with E-state index >= 15 is 0 Å². The quantitative estimate of drug-likeness (QED) is 0.566. The summed E-state index contributed by atoms with van der Waals surface area (Å²) < 4.78 is 38.3. The Labute approximate surface area is 216 Å². The molecule has 36 heavy (non-hydrogen) atoms. The Bertz CT molecular complexity index is 1230. The lowest BCUT2D eigenvalue weighted by atomic mass is 10.0. The van der Waals surface area contributed by atoms with Crippen molar-refractivity contribution >= 4 is 38.2 Å². The molecule has 1 aromatic carbocycles. The first kappa shape index (κ1) is 26.7. The zero-order valence-electron chi connectivity index (χ0n) is 21.2. The van der Waals surface area contributed by atoms with Crippen molar-refractivity contribution in [1.29, 1.82) is 0 Å². The van der Waals surface area contributed by atoms with Gasteiger partial charge < -0.3 is 14.8 Å². The second-order valence-electron chi connectivity index (χ2n) is 9.57. The van der Waals surface area contributed by atoms with E-state index in [2.05, 4.69) is 24.1 Å². The van der Waals surface area contributed by atoms with E-state index in [0.29, 0.717) is 35.1 Å². The molecule has 1 N–H and O–H groups in total. The molecule has 0 unspecified atom stereocenters. The molecule has 11 heteroatoms. The van der Waals surface area contributed by atoms with Crippen molar-refractivity contribution in [3.05, 3.63) is 45.8 Å². The highest BCUT2D eigenvalue weighted by Gasteiger charge is 2.33. The van der Waals surface area contributed by atoms with Gasteiger partial charge in [-0.3, -0.25) is 9.69 Å². The molecule has 1 saturated heterocycles. The van der Waals surface area contributed by atoms with Crippen LogP contribution in [0.4, 0.5) is 5.00 Å². The molecule has 2 aliphatic rings. The van der Waals surface area contributed by atoms with E-state index in [4.69, 9.17) is 9.47 Å². The number of nitrogens with zero attached hydrogens (tertiary/aromatic N) is 2. The van der Waals surface area contributed by atoms with Gasteiger partial charge in [-0.1, -0.05) is 0 Å². The molecule has 1 aromatic heterocycles. The number of carbonyl (C=O) groups is 2. The summed E-state index contributed by atoms with van der Waals surface area (Å²) in [5.74, 6) is -0.895.